The molecule has 0 spiro atoms. The highest BCUT2D eigenvalue weighted by Crippen LogP contribution is 2.34. The van der Waals surface area contributed by atoms with Crippen molar-refractivity contribution in [1.29, 1.82) is 0 Å². The molecule has 0 aliphatic carbocycles. The number of hydrogen-bond donors (Lipinski definition) is 2. The van der Waals surface area contributed by atoms with Crippen LogP contribution in [-0.4, -0.2) is 71.2 Å². The number of alkyl carbamates (subject to hydrolysis) is 1. The Morgan fingerprint density at radius 1 is 0.360 bits per heavy atom. The Morgan fingerprint density at radius 2 is 0.697 bits per heavy atom. The average Bonchev–Trinajstić information content (AvgIpc) is 3.71. The van der Waals surface area contributed by atoms with Gasteiger partial charge in [-0.2, -0.15) is 0 Å². The van der Waals surface area contributed by atoms with Gasteiger partial charge in [0.1, 0.15) is 104 Å². The molecule has 2 amide bonds. The molecular weight excluding hydrogens is 1140 g/mol. The molecule has 8 rings (SSSR count). The Kier molecular flexibility index (Phi) is 23.3. The molecule has 0 fully saturated rings. The third-order valence-corrected chi connectivity index (χ3v) is 13.7. The van der Waals surface area contributed by atoms with Crippen molar-refractivity contribution in [3.05, 3.63) is 220 Å². The van der Waals surface area contributed by atoms with Crippen LogP contribution in [0.25, 0.3) is 0 Å². The molecule has 89 heavy (non-hydrogen) atoms. The van der Waals surface area contributed by atoms with Crippen LogP contribution in [-0.2, 0) is 71.7 Å². The SMILES string of the molecule is COC(=O)C(Cc1ccc(OCc2cc(OCc3ccc(OCc4ccc(OC)cc4)c(OCc4ccc(OC)cc4)c3)cc(OCc3ccc(OCc4ccc(OC)cc4)c(OCc4ccc(OC)cc4)c3)c2)cc1)NC(=O)C(C)NC(=O)OC(C)(C)C. The van der Waals surface area contributed by atoms with Gasteiger partial charge in [-0.15, -0.1) is 0 Å². The number of methoxy groups -OCH3 is 5. The number of benzene rings is 8. The first-order chi connectivity index (χ1) is 43.0. The largest absolute Gasteiger partial charge is 0.497 e. The van der Waals surface area contributed by atoms with Gasteiger partial charge in [0.15, 0.2) is 23.0 Å². The van der Waals surface area contributed by atoms with Gasteiger partial charge >= 0.3 is 12.1 Å². The Labute approximate surface area is 519 Å². The van der Waals surface area contributed by atoms with E-state index in [0.717, 1.165) is 61.9 Å². The lowest BCUT2D eigenvalue weighted by atomic mass is 10.1. The highest BCUT2D eigenvalue weighted by Gasteiger charge is 2.27. The van der Waals surface area contributed by atoms with Crippen LogP contribution >= 0.6 is 0 Å². The molecule has 0 aromatic heterocycles. The fourth-order valence-corrected chi connectivity index (χ4v) is 8.80. The maximum absolute atomic E-state index is 13.1. The van der Waals surface area contributed by atoms with Crippen molar-refractivity contribution in [3.63, 3.8) is 0 Å². The normalized spacial score (nSPS) is 11.6. The second-order valence-electron chi connectivity index (χ2n) is 21.6. The van der Waals surface area contributed by atoms with Crippen LogP contribution in [0.15, 0.2) is 176 Å². The number of esters is 1. The third kappa shape index (κ3) is 20.4. The minimum atomic E-state index is -1.05. The van der Waals surface area contributed by atoms with E-state index in [2.05, 4.69) is 10.6 Å². The van der Waals surface area contributed by atoms with E-state index in [1.54, 1.807) is 73.5 Å². The summed E-state index contributed by atoms with van der Waals surface area (Å²) in [7, 11) is 7.76. The zero-order chi connectivity index (χ0) is 63.1. The van der Waals surface area contributed by atoms with Gasteiger partial charge in [-0.05, 0) is 169 Å². The van der Waals surface area contributed by atoms with E-state index >= 15 is 0 Å². The Balaban J connectivity index is 1.01. The molecule has 2 unspecified atom stereocenters. The van der Waals surface area contributed by atoms with Crippen molar-refractivity contribution < 1.29 is 76.0 Å². The van der Waals surface area contributed by atoms with Crippen molar-refractivity contribution in [2.45, 2.75) is 98.0 Å². The number of ether oxygens (including phenoxy) is 13. The quantitative estimate of drug-likeness (QED) is 0.0389. The molecular formula is C71H76N2O16. The van der Waals surface area contributed by atoms with E-state index in [9.17, 15) is 14.4 Å². The van der Waals surface area contributed by atoms with Gasteiger partial charge in [0.25, 0.3) is 0 Å². The smallest absolute Gasteiger partial charge is 0.408 e. The Hall–Kier alpha value is -10.2. The summed E-state index contributed by atoms with van der Waals surface area (Å²) < 4.78 is 76.8. The number of hydrogen-bond acceptors (Lipinski definition) is 16. The summed E-state index contributed by atoms with van der Waals surface area (Å²) in [6.45, 7) is 8.21. The maximum atomic E-state index is 13.1. The van der Waals surface area contributed by atoms with Crippen LogP contribution in [0.3, 0.4) is 0 Å². The molecule has 466 valence electrons. The predicted octanol–water partition coefficient (Wildman–Crippen LogP) is 12.9. The van der Waals surface area contributed by atoms with Gasteiger partial charge < -0.3 is 72.2 Å². The molecule has 0 saturated carbocycles. The van der Waals surface area contributed by atoms with Crippen LogP contribution in [0.5, 0.6) is 63.2 Å². The summed E-state index contributed by atoms with van der Waals surface area (Å²) in [4.78, 5) is 38.4. The van der Waals surface area contributed by atoms with Gasteiger partial charge in [0, 0.05) is 12.5 Å². The van der Waals surface area contributed by atoms with Crippen LogP contribution in [0, 0.1) is 0 Å². The van der Waals surface area contributed by atoms with Crippen LogP contribution in [0.1, 0.15) is 72.2 Å². The Bertz CT molecular complexity index is 3380. The summed E-state index contributed by atoms with van der Waals surface area (Å²) in [6, 6.07) is 52.8. The highest BCUT2D eigenvalue weighted by atomic mass is 16.6. The number of rotatable bonds is 31. The summed E-state index contributed by atoms with van der Waals surface area (Å²) in [5.41, 5.74) is 6.11. The van der Waals surface area contributed by atoms with Gasteiger partial charge in [-0.3, -0.25) is 4.79 Å². The molecule has 18 heteroatoms. The van der Waals surface area contributed by atoms with Crippen LogP contribution in [0.2, 0.25) is 0 Å². The first-order valence-corrected chi connectivity index (χ1v) is 28.8. The molecule has 2 N–H and O–H groups in total. The van der Waals surface area contributed by atoms with Crippen molar-refractivity contribution in [1.82, 2.24) is 10.6 Å². The second kappa shape index (κ2) is 32.0. The lowest BCUT2D eigenvalue weighted by Gasteiger charge is -2.23. The minimum Gasteiger partial charge on any atom is -0.497 e. The van der Waals surface area contributed by atoms with E-state index in [-0.39, 0.29) is 39.5 Å². The fraction of sp³-hybridized carbons (Fsp3) is 0.282. The molecule has 0 saturated heterocycles. The van der Waals surface area contributed by atoms with Crippen LogP contribution < -0.4 is 62.7 Å². The van der Waals surface area contributed by atoms with Crippen molar-refractivity contribution in [2.24, 2.45) is 0 Å². The van der Waals surface area contributed by atoms with Gasteiger partial charge in [-0.1, -0.05) is 72.8 Å². The maximum Gasteiger partial charge on any atom is 0.408 e. The molecule has 2 atom stereocenters. The zero-order valence-corrected chi connectivity index (χ0v) is 51.6. The zero-order valence-electron chi connectivity index (χ0n) is 51.6. The summed E-state index contributed by atoms with van der Waals surface area (Å²) in [5, 5.41) is 5.19. The first-order valence-electron chi connectivity index (χ1n) is 28.8. The standard InChI is InChI=1S/C71H76N2O16/c1-47(72-70(76)89-71(2,3)4)68(74)73-63(69(75)81-9)36-48-10-30-60(31-11-48)82-46-55-34-61(83-44-53-20-32-64(85-40-49-12-22-56(77-5)23-13-49)66(37-53)87-42-51-16-26-58(79-7)27-17-51)39-62(35-55)84-45-54-21-33-65(86-41-50-14-24-57(78-6)25-15-50)67(38-54)88-43-52-18-28-59(80-8)29-19-52/h10-35,37-39,47,63H,36,40-46H2,1-9H3,(H,72,76)(H,73,74). The van der Waals surface area contributed by atoms with E-state index in [1.165, 1.54) is 14.0 Å². The third-order valence-electron chi connectivity index (χ3n) is 13.7. The van der Waals surface area contributed by atoms with Gasteiger partial charge in [0.05, 0.1) is 35.5 Å². The molecule has 0 radical (unpaired) electrons. The minimum absolute atomic E-state index is 0.101. The monoisotopic (exact) mass is 1210 g/mol. The number of nitrogens with one attached hydrogen (secondary N) is 2. The summed E-state index contributed by atoms with van der Waals surface area (Å²) in [5.74, 6) is 5.47. The molecule has 0 heterocycles. The van der Waals surface area contributed by atoms with Gasteiger partial charge in [-0.25, -0.2) is 9.59 Å². The molecule has 0 aliphatic heterocycles. The topological polar surface area (TPSA) is 195 Å². The first kappa shape index (κ1) is 64.8. The molecule has 18 nitrogen and oxygen atoms in total. The molecule has 0 aliphatic rings. The van der Waals surface area contributed by atoms with Crippen molar-refractivity contribution >= 4 is 18.0 Å². The number of amides is 2. The molecule has 8 aromatic rings. The summed E-state index contributed by atoms with van der Waals surface area (Å²) >= 11 is 0. The lowest BCUT2D eigenvalue weighted by molar-refractivity contribution is -0.145. The molecule has 8 aromatic carbocycles. The molecule has 0 bridgehead atoms. The van der Waals surface area contributed by atoms with E-state index in [0.29, 0.717) is 59.0 Å². The van der Waals surface area contributed by atoms with Crippen molar-refractivity contribution in [3.8, 4) is 63.2 Å². The number of carbonyl (C=O) groups excluding carboxylic acids is 3. The highest BCUT2D eigenvalue weighted by molar-refractivity contribution is 5.89. The van der Waals surface area contributed by atoms with E-state index in [1.807, 2.05) is 152 Å². The van der Waals surface area contributed by atoms with Crippen LogP contribution in [0.4, 0.5) is 4.79 Å². The summed E-state index contributed by atoms with van der Waals surface area (Å²) in [6.07, 6.45) is -0.662. The number of carbonyl (C=O) groups is 3. The predicted molar refractivity (Wildman–Crippen MR) is 335 cm³/mol. The average molecular weight is 1210 g/mol. The Morgan fingerprint density at radius 3 is 1.08 bits per heavy atom. The van der Waals surface area contributed by atoms with Gasteiger partial charge in [0.2, 0.25) is 5.91 Å². The van der Waals surface area contributed by atoms with Crippen molar-refractivity contribution in [2.75, 3.05) is 35.5 Å². The fourth-order valence-electron chi connectivity index (χ4n) is 8.80. The second-order valence-corrected chi connectivity index (χ2v) is 21.6. The lowest BCUT2D eigenvalue weighted by Crippen LogP contribution is -2.51. The van der Waals surface area contributed by atoms with E-state index in [4.69, 9.17) is 61.6 Å². The van der Waals surface area contributed by atoms with E-state index < -0.39 is 35.7 Å².